The number of ether oxygens (including phenoxy) is 1. The number of nitrogens with one attached hydrogen (secondary N) is 1. The molecule has 0 spiro atoms. The smallest absolute Gasteiger partial charge is 0.357 e. The first-order valence-electron chi connectivity index (χ1n) is 6.54. The molecule has 0 unspecified atom stereocenters. The maximum Gasteiger partial charge on any atom is 0.357 e. The van der Waals surface area contributed by atoms with Gasteiger partial charge in [0.2, 0.25) is 0 Å². The second-order valence-corrected chi connectivity index (χ2v) is 5.63. The van der Waals surface area contributed by atoms with Crippen molar-refractivity contribution in [3.63, 3.8) is 0 Å². The highest BCUT2D eigenvalue weighted by Gasteiger charge is 2.15. The van der Waals surface area contributed by atoms with Crippen molar-refractivity contribution in [1.82, 2.24) is 4.98 Å². The van der Waals surface area contributed by atoms with E-state index in [2.05, 4.69) is 34.6 Å². The van der Waals surface area contributed by atoms with E-state index in [1.54, 1.807) is 0 Å². The molecule has 1 aromatic heterocycles. The summed E-state index contributed by atoms with van der Waals surface area (Å²) in [4.78, 5) is 16.6. The van der Waals surface area contributed by atoms with Gasteiger partial charge in [0.15, 0.2) is 10.8 Å². The Morgan fingerprint density at radius 1 is 1.35 bits per heavy atom. The van der Waals surface area contributed by atoms with Gasteiger partial charge in [-0.25, -0.2) is 9.78 Å². The van der Waals surface area contributed by atoms with Crippen LogP contribution in [0.25, 0.3) is 0 Å². The number of carbonyl (C=O) groups excluding carboxylic acids is 1. The molecular formula is C15H18N2O2S. The van der Waals surface area contributed by atoms with Gasteiger partial charge in [0.1, 0.15) is 0 Å². The number of carbonyl (C=O) groups is 1. The molecular weight excluding hydrogens is 272 g/mol. The van der Waals surface area contributed by atoms with Crippen molar-refractivity contribution < 1.29 is 9.53 Å². The second-order valence-electron chi connectivity index (χ2n) is 4.43. The summed E-state index contributed by atoms with van der Waals surface area (Å²) < 4.78 is 4.69. The third-order valence-corrected chi connectivity index (χ3v) is 3.87. The molecule has 1 aromatic carbocycles. The number of nitrogens with zero attached hydrogens (tertiary/aromatic N) is 1. The fourth-order valence-electron chi connectivity index (χ4n) is 1.89. The summed E-state index contributed by atoms with van der Waals surface area (Å²) in [5.74, 6) is -0.379. The number of thiazole rings is 1. The second kappa shape index (κ2) is 7.05. The number of hydrogen-bond acceptors (Lipinski definition) is 5. The molecule has 0 saturated carbocycles. The molecule has 2 aromatic rings. The van der Waals surface area contributed by atoms with Crippen LogP contribution in [0.5, 0.6) is 0 Å². The van der Waals surface area contributed by atoms with Crippen molar-refractivity contribution in [2.45, 2.75) is 19.8 Å². The van der Waals surface area contributed by atoms with Gasteiger partial charge in [-0.2, -0.15) is 0 Å². The SMILES string of the molecule is COC(=O)c1nc(NCCCc2ccccc2)sc1C. The van der Waals surface area contributed by atoms with Crippen LogP contribution in [0.2, 0.25) is 0 Å². The summed E-state index contributed by atoms with van der Waals surface area (Å²) in [6.07, 6.45) is 2.05. The van der Waals surface area contributed by atoms with Crippen molar-refractivity contribution in [3.05, 3.63) is 46.5 Å². The van der Waals surface area contributed by atoms with Gasteiger partial charge >= 0.3 is 5.97 Å². The van der Waals surface area contributed by atoms with E-state index in [4.69, 9.17) is 4.74 Å². The summed E-state index contributed by atoms with van der Waals surface area (Å²) in [5, 5.41) is 4.03. The zero-order valence-electron chi connectivity index (χ0n) is 11.7. The third kappa shape index (κ3) is 3.81. The lowest BCUT2D eigenvalue weighted by molar-refractivity contribution is 0.0594. The lowest BCUT2D eigenvalue weighted by Crippen LogP contribution is -2.05. The Morgan fingerprint density at radius 2 is 2.10 bits per heavy atom. The Labute approximate surface area is 122 Å². The third-order valence-electron chi connectivity index (χ3n) is 2.94. The Kier molecular flexibility index (Phi) is 5.12. The van der Waals surface area contributed by atoms with Crippen molar-refractivity contribution in [2.75, 3.05) is 19.0 Å². The summed E-state index contributed by atoms with van der Waals surface area (Å²) in [7, 11) is 1.37. The number of aryl methyl sites for hydroxylation is 2. The standard InChI is InChI=1S/C15H18N2O2S/c1-11-13(14(18)19-2)17-15(20-11)16-10-6-9-12-7-4-3-5-8-12/h3-5,7-8H,6,9-10H2,1-2H3,(H,16,17). The van der Waals surface area contributed by atoms with E-state index in [-0.39, 0.29) is 5.97 Å². The first-order valence-corrected chi connectivity index (χ1v) is 7.36. The maximum atomic E-state index is 11.5. The topological polar surface area (TPSA) is 51.2 Å². The van der Waals surface area contributed by atoms with Crippen molar-refractivity contribution in [1.29, 1.82) is 0 Å². The molecule has 0 amide bonds. The van der Waals surface area contributed by atoms with Crippen LogP contribution in [0.4, 0.5) is 5.13 Å². The normalized spacial score (nSPS) is 10.3. The molecule has 20 heavy (non-hydrogen) atoms. The van der Waals surface area contributed by atoms with Crippen molar-refractivity contribution >= 4 is 22.4 Å². The maximum absolute atomic E-state index is 11.5. The monoisotopic (exact) mass is 290 g/mol. The van der Waals surface area contributed by atoms with Crippen LogP contribution in [-0.2, 0) is 11.2 Å². The minimum absolute atomic E-state index is 0.379. The van der Waals surface area contributed by atoms with Gasteiger partial charge in [-0.15, -0.1) is 11.3 Å². The Morgan fingerprint density at radius 3 is 2.80 bits per heavy atom. The summed E-state index contributed by atoms with van der Waals surface area (Å²) >= 11 is 1.48. The summed E-state index contributed by atoms with van der Waals surface area (Å²) in [6, 6.07) is 10.4. The number of methoxy groups -OCH3 is 1. The molecule has 1 heterocycles. The van der Waals surface area contributed by atoms with E-state index in [0.29, 0.717) is 5.69 Å². The van der Waals surface area contributed by atoms with Crippen LogP contribution < -0.4 is 5.32 Å². The number of benzene rings is 1. The van der Waals surface area contributed by atoms with Crippen LogP contribution in [0.15, 0.2) is 30.3 Å². The molecule has 4 nitrogen and oxygen atoms in total. The number of anilines is 1. The number of esters is 1. The molecule has 0 fully saturated rings. The van der Waals surface area contributed by atoms with Crippen molar-refractivity contribution in [3.8, 4) is 0 Å². The summed E-state index contributed by atoms with van der Waals surface area (Å²) in [6.45, 7) is 2.71. The van der Waals surface area contributed by atoms with E-state index >= 15 is 0 Å². The van der Waals surface area contributed by atoms with Gasteiger partial charge in [0, 0.05) is 11.4 Å². The van der Waals surface area contributed by atoms with Crippen LogP contribution in [0.3, 0.4) is 0 Å². The fraction of sp³-hybridized carbons (Fsp3) is 0.333. The first kappa shape index (κ1) is 14.5. The Bertz CT molecular complexity index is 567. The molecule has 1 N–H and O–H groups in total. The Hall–Kier alpha value is -1.88. The predicted molar refractivity (Wildman–Crippen MR) is 81.4 cm³/mol. The van der Waals surface area contributed by atoms with Crippen LogP contribution in [0.1, 0.15) is 27.3 Å². The molecule has 0 saturated heterocycles. The number of rotatable bonds is 6. The van der Waals surface area contributed by atoms with E-state index < -0.39 is 0 Å². The highest BCUT2D eigenvalue weighted by Crippen LogP contribution is 2.22. The van der Waals surface area contributed by atoms with E-state index in [9.17, 15) is 4.79 Å². The van der Waals surface area contributed by atoms with Gasteiger partial charge in [0.25, 0.3) is 0 Å². The highest BCUT2D eigenvalue weighted by molar-refractivity contribution is 7.15. The number of hydrogen-bond donors (Lipinski definition) is 1. The highest BCUT2D eigenvalue weighted by atomic mass is 32.1. The molecule has 2 rings (SSSR count). The average molecular weight is 290 g/mol. The van der Waals surface area contributed by atoms with Crippen LogP contribution in [-0.4, -0.2) is 24.6 Å². The molecule has 0 aliphatic heterocycles. The van der Waals surface area contributed by atoms with E-state index in [1.807, 2.05) is 13.0 Å². The predicted octanol–water partition coefficient (Wildman–Crippen LogP) is 3.28. The molecule has 0 bridgehead atoms. The largest absolute Gasteiger partial charge is 0.464 e. The van der Waals surface area contributed by atoms with Gasteiger partial charge in [-0.3, -0.25) is 0 Å². The van der Waals surface area contributed by atoms with Gasteiger partial charge < -0.3 is 10.1 Å². The Balaban J connectivity index is 1.81. The average Bonchev–Trinajstić information content (AvgIpc) is 2.85. The van der Waals surface area contributed by atoms with Gasteiger partial charge in [-0.05, 0) is 25.3 Å². The molecule has 5 heteroatoms. The lowest BCUT2D eigenvalue weighted by Gasteiger charge is -2.02. The fourth-order valence-corrected chi connectivity index (χ4v) is 2.72. The molecule has 0 atom stereocenters. The van der Waals surface area contributed by atoms with E-state index in [1.165, 1.54) is 24.0 Å². The van der Waals surface area contributed by atoms with Crippen LogP contribution >= 0.6 is 11.3 Å². The van der Waals surface area contributed by atoms with Gasteiger partial charge in [0.05, 0.1) is 7.11 Å². The quantitative estimate of drug-likeness (QED) is 0.655. The minimum atomic E-state index is -0.379. The molecule has 0 aliphatic rings. The van der Waals surface area contributed by atoms with Gasteiger partial charge in [-0.1, -0.05) is 30.3 Å². The lowest BCUT2D eigenvalue weighted by atomic mass is 10.1. The molecule has 0 aliphatic carbocycles. The zero-order valence-corrected chi connectivity index (χ0v) is 12.5. The van der Waals surface area contributed by atoms with Crippen LogP contribution in [0, 0.1) is 6.92 Å². The number of aromatic nitrogens is 1. The van der Waals surface area contributed by atoms with E-state index in [0.717, 1.165) is 29.4 Å². The molecule has 0 radical (unpaired) electrons. The van der Waals surface area contributed by atoms with Crippen molar-refractivity contribution in [2.24, 2.45) is 0 Å². The minimum Gasteiger partial charge on any atom is -0.464 e. The summed E-state index contributed by atoms with van der Waals surface area (Å²) in [5.41, 5.74) is 1.74. The first-order chi connectivity index (χ1) is 9.70. The zero-order chi connectivity index (χ0) is 14.4. The molecule has 106 valence electrons.